The van der Waals surface area contributed by atoms with E-state index in [1.165, 1.54) is 11.1 Å². The van der Waals surface area contributed by atoms with Crippen molar-refractivity contribution in [2.24, 2.45) is 4.99 Å². The molecule has 2 N–H and O–H groups in total. The summed E-state index contributed by atoms with van der Waals surface area (Å²) in [6.45, 7) is 1.55. The first-order valence-electron chi connectivity index (χ1n) is 8.91. The molecule has 2 aromatic rings. The second-order valence-electron chi connectivity index (χ2n) is 6.80. The molecule has 1 unspecified atom stereocenters. The first kappa shape index (κ1) is 21.2. The summed E-state index contributed by atoms with van der Waals surface area (Å²) in [7, 11) is 5.30. The van der Waals surface area contributed by atoms with E-state index in [9.17, 15) is 4.79 Å². The third-order valence-electron chi connectivity index (χ3n) is 4.77. The Hall–Kier alpha value is -2.09. The van der Waals surface area contributed by atoms with E-state index >= 15 is 0 Å². The predicted octanol–water partition coefficient (Wildman–Crippen LogP) is 3.01. The van der Waals surface area contributed by atoms with Gasteiger partial charge in [-0.15, -0.1) is 24.0 Å². The van der Waals surface area contributed by atoms with Crippen LogP contribution >= 0.6 is 24.0 Å². The monoisotopic (exact) mass is 478 g/mol. The molecule has 6 heteroatoms. The van der Waals surface area contributed by atoms with Crippen LogP contribution in [0.2, 0.25) is 0 Å². The second-order valence-corrected chi connectivity index (χ2v) is 6.80. The first-order valence-corrected chi connectivity index (χ1v) is 8.91. The van der Waals surface area contributed by atoms with Crippen LogP contribution in [-0.4, -0.2) is 44.5 Å². The highest BCUT2D eigenvalue weighted by Crippen LogP contribution is 2.33. The van der Waals surface area contributed by atoms with Gasteiger partial charge in [0.2, 0.25) is 0 Å². The van der Waals surface area contributed by atoms with Crippen molar-refractivity contribution in [1.82, 2.24) is 15.5 Å². The van der Waals surface area contributed by atoms with Crippen LogP contribution in [0.4, 0.5) is 0 Å². The maximum atomic E-state index is 11.9. The van der Waals surface area contributed by atoms with Gasteiger partial charge in [-0.1, -0.05) is 36.4 Å². The van der Waals surface area contributed by atoms with E-state index in [2.05, 4.69) is 39.9 Å². The molecule has 3 rings (SSSR count). The number of nitrogens with zero attached hydrogens (tertiary/aromatic N) is 2. The lowest BCUT2D eigenvalue weighted by atomic mass is 9.78. The van der Waals surface area contributed by atoms with E-state index in [0.717, 1.165) is 24.5 Å². The van der Waals surface area contributed by atoms with Crippen molar-refractivity contribution >= 4 is 35.8 Å². The number of guanidine groups is 1. The van der Waals surface area contributed by atoms with E-state index < -0.39 is 0 Å². The van der Waals surface area contributed by atoms with Crippen LogP contribution in [0.25, 0.3) is 0 Å². The Kier molecular flexibility index (Phi) is 7.65. The molecule has 0 fully saturated rings. The second kappa shape index (κ2) is 9.73. The largest absolute Gasteiger partial charge is 0.356 e. The summed E-state index contributed by atoms with van der Waals surface area (Å²) in [5, 5.41) is 6.73. The van der Waals surface area contributed by atoms with Crippen molar-refractivity contribution < 1.29 is 4.79 Å². The van der Waals surface area contributed by atoms with Crippen LogP contribution in [-0.2, 0) is 13.0 Å². The zero-order valence-electron chi connectivity index (χ0n) is 16.0. The first-order chi connectivity index (χ1) is 12.6. The fourth-order valence-corrected chi connectivity index (χ4v) is 3.19. The SMILES string of the molecule is CN=C(NCc1ccc(C(=O)N(C)C)cc1)NCC1Cc2ccccc21.I. The molecule has 0 aromatic heterocycles. The van der Waals surface area contributed by atoms with Gasteiger partial charge in [-0.2, -0.15) is 0 Å². The number of fused-ring (bicyclic) bond motifs is 1. The molecule has 1 amide bonds. The third-order valence-corrected chi connectivity index (χ3v) is 4.77. The predicted molar refractivity (Wildman–Crippen MR) is 121 cm³/mol. The average molecular weight is 478 g/mol. The summed E-state index contributed by atoms with van der Waals surface area (Å²) in [6.07, 6.45) is 1.13. The summed E-state index contributed by atoms with van der Waals surface area (Å²) in [6, 6.07) is 16.3. The lowest BCUT2D eigenvalue weighted by molar-refractivity contribution is 0.0827. The number of carbonyl (C=O) groups is 1. The quantitative estimate of drug-likeness (QED) is 0.395. The van der Waals surface area contributed by atoms with Crippen LogP contribution < -0.4 is 10.6 Å². The van der Waals surface area contributed by atoms with E-state index in [4.69, 9.17) is 0 Å². The molecule has 0 radical (unpaired) electrons. The fourth-order valence-electron chi connectivity index (χ4n) is 3.19. The van der Waals surface area contributed by atoms with Crippen LogP contribution in [0.5, 0.6) is 0 Å². The normalized spacial score (nSPS) is 15.1. The average Bonchev–Trinajstić information content (AvgIpc) is 2.64. The molecule has 0 aliphatic heterocycles. The molecule has 1 atom stereocenters. The fraction of sp³-hybridized carbons (Fsp3) is 0.333. The Labute approximate surface area is 178 Å². The molecule has 2 aromatic carbocycles. The summed E-state index contributed by atoms with van der Waals surface area (Å²) < 4.78 is 0. The summed E-state index contributed by atoms with van der Waals surface area (Å²) in [5.41, 5.74) is 4.70. The highest BCUT2D eigenvalue weighted by Gasteiger charge is 2.25. The lowest BCUT2D eigenvalue weighted by Crippen LogP contribution is -2.40. The molecule has 0 saturated carbocycles. The number of halogens is 1. The summed E-state index contributed by atoms with van der Waals surface area (Å²) in [4.78, 5) is 17.8. The topological polar surface area (TPSA) is 56.7 Å². The number of rotatable bonds is 5. The highest BCUT2D eigenvalue weighted by molar-refractivity contribution is 14.0. The zero-order valence-corrected chi connectivity index (χ0v) is 18.4. The molecule has 0 bridgehead atoms. The Morgan fingerprint density at radius 3 is 2.44 bits per heavy atom. The maximum absolute atomic E-state index is 11.9. The van der Waals surface area contributed by atoms with Crippen molar-refractivity contribution in [1.29, 1.82) is 0 Å². The number of carbonyl (C=O) groups excluding carboxylic acids is 1. The van der Waals surface area contributed by atoms with Crippen molar-refractivity contribution in [2.45, 2.75) is 18.9 Å². The van der Waals surface area contributed by atoms with Gasteiger partial charge < -0.3 is 15.5 Å². The van der Waals surface area contributed by atoms with Crippen molar-refractivity contribution in [3.8, 4) is 0 Å². The molecule has 0 spiro atoms. The number of hydrogen-bond donors (Lipinski definition) is 2. The summed E-state index contributed by atoms with van der Waals surface area (Å²) in [5.74, 6) is 1.37. The standard InChI is InChI=1S/C21H26N4O.HI/c1-22-21(24-14-18-12-17-6-4-5-7-19(17)18)23-13-15-8-10-16(11-9-15)20(26)25(2)3;/h4-11,18H,12-14H2,1-3H3,(H2,22,23,24);1H. The number of amides is 1. The van der Waals surface area contributed by atoms with Gasteiger partial charge in [-0.05, 0) is 35.2 Å². The van der Waals surface area contributed by atoms with Gasteiger partial charge in [0.05, 0.1) is 0 Å². The van der Waals surface area contributed by atoms with Gasteiger partial charge in [0, 0.05) is 45.7 Å². The molecular weight excluding hydrogens is 451 g/mol. The molecule has 144 valence electrons. The van der Waals surface area contributed by atoms with E-state index in [1.54, 1.807) is 26.0 Å². The molecule has 5 nitrogen and oxygen atoms in total. The van der Waals surface area contributed by atoms with Gasteiger partial charge in [-0.3, -0.25) is 9.79 Å². The minimum absolute atomic E-state index is 0. The van der Waals surface area contributed by atoms with Crippen LogP contribution in [0.3, 0.4) is 0 Å². The van der Waals surface area contributed by atoms with Crippen LogP contribution in [0.15, 0.2) is 53.5 Å². The smallest absolute Gasteiger partial charge is 0.253 e. The van der Waals surface area contributed by atoms with E-state index in [1.807, 2.05) is 24.3 Å². The molecule has 0 heterocycles. The Morgan fingerprint density at radius 1 is 1.11 bits per heavy atom. The molecule has 1 aliphatic carbocycles. The van der Waals surface area contributed by atoms with E-state index in [-0.39, 0.29) is 29.9 Å². The third kappa shape index (κ3) is 5.22. The maximum Gasteiger partial charge on any atom is 0.253 e. The van der Waals surface area contributed by atoms with Gasteiger partial charge in [0.1, 0.15) is 0 Å². The van der Waals surface area contributed by atoms with Gasteiger partial charge in [0.15, 0.2) is 5.96 Å². The minimum Gasteiger partial charge on any atom is -0.356 e. The van der Waals surface area contributed by atoms with Crippen molar-refractivity contribution in [3.05, 3.63) is 70.8 Å². The molecule has 27 heavy (non-hydrogen) atoms. The Morgan fingerprint density at radius 2 is 1.81 bits per heavy atom. The van der Waals surface area contributed by atoms with Crippen molar-refractivity contribution in [2.75, 3.05) is 27.7 Å². The highest BCUT2D eigenvalue weighted by atomic mass is 127. The Balaban J connectivity index is 0.00000261. The number of benzene rings is 2. The van der Waals surface area contributed by atoms with Crippen molar-refractivity contribution in [3.63, 3.8) is 0 Å². The Bertz CT molecular complexity index is 802. The zero-order chi connectivity index (χ0) is 18.5. The number of aliphatic imine (C=N–C) groups is 1. The summed E-state index contributed by atoms with van der Waals surface area (Å²) >= 11 is 0. The van der Waals surface area contributed by atoms with E-state index in [0.29, 0.717) is 18.0 Å². The molecule has 0 saturated heterocycles. The molecular formula is C21H27IN4O. The van der Waals surface area contributed by atoms with Crippen LogP contribution in [0, 0.1) is 0 Å². The lowest BCUT2D eigenvalue weighted by Gasteiger charge is -2.30. The van der Waals surface area contributed by atoms with Gasteiger partial charge in [-0.25, -0.2) is 0 Å². The molecule has 1 aliphatic rings. The number of hydrogen-bond acceptors (Lipinski definition) is 2. The number of nitrogens with one attached hydrogen (secondary N) is 2. The minimum atomic E-state index is 0. The van der Waals surface area contributed by atoms with Gasteiger partial charge >= 0.3 is 0 Å². The van der Waals surface area contributed by atoms with Gasteiger partial charge in [0.25, 0.3) is 5.91 Å². The van der Waals surface area contributed by atoms with Crippen LogP contribution in [0.1, 0.15) is 33.0 Å².